The molecule has 0 amide bonds. The summed E-state index contributed by atoms with van der Waals surface area (Å²) in [5, 5.41) is 14.0. The summed E-state index contributed by atoms with van der Waals surface area (Å²) >= 11 is 11.8. The van der Waals surface area contributed by atoms with Gasteiger partial charge in [-0.15, -0.1) is 0 Å². The van der Waals surface area contributed by atoms with E-state index in [4.69, 9.17) is 27.9 Å². The molecule has 0 bridgehead atoms. The molecule has 0 spiro atoms. The van der Waals surface area contributed by atoms with E-state index in [0.29, 0.717) is 28.9 Å². The standard InChI is InChI=1S/C17H18Cl2FNO2/c18-16-5-4-12(8-17(16)19)6-7-21-10-14(22)11-23-15-3-1-2-13(20)9-15/h1-5,8-9,14,21-22H,6-7,10-11H2. The lowest BCUT2D eigenvalue weighted by atomic mass is 10.1. The van der Waals surface area contributed by atoms with Gasteiger partial charge in [0.15, 0.2) is 0 Å². The van der Waals surface area contributed by atoms with Gasteiger partial charge < -0.3 is 15.2 Å². The monoisotopic (exact) mass is 357 g/mol. The molecule has 0 saturated carbocycles. The van der Waals surface area contributed by atoms with Gasteiger partial charge in [0, 0.05) is 12.6 Å². The molecule has 0 fully saturated rings. The van der Waals surface area contributed by atoms with Gasteiger partial charge in [-0.05, 0) is 42.8 Å². The van der Waals surface area contributed by atoms with Crippen molar-refractivity contribution in [2.75, 3.05) is 19.7 Å². The summed E-state index contributed by atoms with van der Waals surface area (Å²) in [6.45, 7) is 1.18. The Morgan fingerprint density at radius 3 is 2.70 bits per heavy atom. The van der Waals surface area contributed by atoms with Crippen LogP contribution in [0.4, 0.5) is 4.39 Å². The summed E-state index contributed by atoms with van der Waals surface area (Å²) in [6, 6.07) is 11.3. The van der Waals surface area contributed by atoms with Crippen LogP contribution in [-0.2, 0) is 6.42 Å². The van der Waals surface area contributed by atoms with Crippen molar-refractivity contribution >= 4 is 23.2 Å². The lowest BCUT2D eigenvalue weighted by molar-refractivity contribution is 0.106. The molecule has 6 heteroatoms. The van der Waals surface area contributed by atoms with Crippen LogP contribution >= 0.6 is 23.2 Å². The smallest absolute Gasteiger partial charge is 0.126 e. The molecule has 2 N–H and O–H groups in total. The molecular formula is C17H18Cl2FNO2. The van der Waals surface area contributed by atoms with E-state index >= 15 is 0 Å². The van der Waals surface area contributed by atoms with E-state index in [9.17, 15) is 9.50 Å². The van der Waals surface area contributed by atoms with Crippen molar-refractivity contribution in [3.63, 3.8) is 0 Å². The lowest BCUT2D eigenvalue weighted by Gasteiger charge is -2.13. The fourth-order valence-corrected chi connectivity index (χ4v) is 2.33. The van der Waals surface area contributed by atoms with E-state index in [1.165, 1.54) is 12.1 Å². The molecule has 2 aromatic carbocycles. The second-order valence-electron chi connectivity index (χ2n) is 5.12. The van der Waals surface area contributed by atoms with Crippen LogP contribution in [-0.4, -0.2) is 30.9 Å². The van der Waals surface area contributed by atoms with Gasteiger partial charge in [-0.1, -0.05) is 35.3 Å². The molecule has 124 valence electrons. The molecule has 1 unspecified atom stereocenters. The summed E-state index contributed by atoms with van der Waals surface area (Å²) < 4.78 is 18.3. The Bertz CT molecular complexity index is 640. The number of nitrogens with one attached hydrogen (secondary N) is 1. The second-order valence-corrected chi connectivity index (χ2v) is 5.94. The van der Waals surface area contributed by atoms with Crippen LogP contribution in [0.2, 0.25) is 10.0 Å². The van der Waals surface area contributed by atoms with Crippen molar-refractivity contribution in [2.24, 2.45) is 0 Å². The van der Waals surface area contributed by atoms with Crippen LogP contribution < -0.4 is 10.1 Å². The van der Waals surface area contributed by atoms with E-state index in [-0.39, 0.29) is 12.4 Å². The molecule has 2 rings (SSSR count). The number of hydrogen-bond donors (Lipinski definition) is 2. The molecule has 0 saturated heterocycles. The third kappa shape index (κ3) is 6.36. The van der Waals surface area contributed by atoms with Crippen molar-refractivity contribution in [2.45, 2.75) is 12.5 Å². The molecule has 23 heavy (non-hydrogen) atoms. The number of ether oxygens (including phenoxy) is 1. The first kappa shape index (κ1) is 18.0. The molecule has 0 aliphatic rings. The number of halogens is 3. The summed E-state index contributed by atoms with van der Waals surface area (Å²) in [4.78, 5) is 0. The van der Waals surface area contributed by atoms with Crippen LogP contribution in [0.1, 0.15) is 5.56 Å². The third-order valence-electron chi connectivity index (χ3n) is 3.19. The number of aliphatic hydroxyl groups is 1. The highest BCUT2D eigenvalue weighted by Crippen LogP contribution is 2.22. The molecule has 0 heterocycles. The average Bonchev–Trinajstić information content (AvgIpc) is 2.53. The maximum absolute atomic E-state index is 13.0. The first-order chi connectivity index (χ1) is 11.0. The van der Waals surface area contributed by atoms with Gasteiger partial charge in [-0.2, -0.15) is 0 Å². The predicted octanol–water partition coefficient (Wildman–Crippen LogP) is 3.70. The molecule has 0 radical (unpaired) electrons. The van der Waals surface area contributed by atoms with E-state index < -0.39 is 6.10 Å². The first-order valence-corrected chi connectivity index (χ1v) is 8.01. The normalized spacial score (nSPS) is 12.2. The first-order valence-electron chi connectivity index (χ1n) is 7.25. The van der Waals surface area contributed by atoms with Gasteiger partial charge in [0.1, 0.15) is 24.3 Å². The highest BCUT2D eigenvalue weighted by molar-refractivity contribution is 6.42. The molecule has 0 aromatic heterocycles. The largest absolute Gasteiger partial charge is 0.491 e. The number of benzene rings is 2. The Morgan fingerprint density at radius 1 is 1.13 bits per heavy atom. The molecule has 1 atom stereocenters. The van der Waals surface area contributed by atoms with Crippen LogP contribution in [0.5, 0.6) is 5.75 Å². The zero-order valence-corrected chi connectivity index (χ0v) is 13.9. The maximum Gasteiger partial charge on any atom is 0.126 e. The SMILES string of the molecule is OC(CNCCc1ccc(Cl)c(Cl)c1)COc1cccc(F)c1. The van der Waals surface area contributed by atoms with Gasteiger partial charge in [0.05, 0.1) is 10.0 Å². The van der Waals surface area contributed by atoms with Gasteiger partial charge in [0.25, 0.3) is 0 Å². The molecular weight excluding hydrogens is 340 g/mol. The maximum atomic E-state index is 13.0. The second kappa shape index (κ2) is 9.08. The number of rotatable bonds is 8. The lowest BCUT2D eigenvalue weighted by Crippen LogP contribution is -2.32. The molecule has 3 nitrogen and oxygen atoms in total. The van der Waals surface area contributed by atoms with E-state index in [1.54, 1.807) is 18.2 Å². The predicted molar refractivity (Wildman–Crippen MR) is 90.9 cm³/mol. The minimum absolute atomic E-state index is 0.100. The summed E-state index contributed by atoms with van der Waals surface area (Å²) in [5.74, 6) is 0.0385. The highest BCUT2D eigenvalue weighted by atomic mass is 35.5. The summed E-state index contributed by atoms with van der Waals surface area (Å²) in [5.41, 5.74) is 1.07. The highest BCUT2D eigenvalue weighted by Gasteiger charge is 2.06. The van der Waals surface area contributed by atoms with Crippen LogP contribution in [0.15, 0.2) is 42.5 Å². The average molecular weight is 358 g/mol. The van der Waals surface area contributed by atoms with Crippen LogP contribution in [0.25, 0.3) is 0 Å². The van der Waals surface area contributed by atoms with Crippen LogP contribution in [0.3, 0.4) is 0 Å². The Morgan fingerprint density at radius 2 is 1.96 bits per heavy atom. The number of aliphatic hydroxyl groups excluding tert-OH is 1. The third-order valence-corrected chi connectivity index (χ3v) is 3.93. The Hall–Kier alpha value is -1.33. The van der Waals surface area contributed by atoms with Crippen molar-refractivity contribution in [1.29, 1.82) is 0 Å². The van der Waals surface area contributed by atoms with Crippen molar-refractivity contribution < 1.29 is 14.2 Å². The zero-order chi connectivity index (χ0) is 16.7. The summed E-state index contributed by atoms with van der Waals surface area (Å²) in [6.07, 6.45) is 0.0982. The quantitative estimate of drug-likeness (QED) is 0.707. The van der Waals surface area contributed by atoms with E-state index in [2.05, 4.69) is 5.32 Å². The molecule has 0 aliphatic carbocycles. The summed E-state index contributed by atoms with van der Waals surface area (Å²) in [7, 11) is 0. The fourth-order valence-electron chi connectivity index (χ4n) is 2.00. The zero-order valence-electron chi connectivity index (χ0n) is 12.4. The molecule has 0 aliphatic heterocycles. The minimum atomic E-state index is -0.674. The number of hydrogen-bond acceptors (Lipinski definition) is 3. The van der Waals surface area contributed by atoms with E-state index in [1.807, 2.05) is 12.1 Å². The fraction of sp³-hybridized carbons (Fsp3) is 0.294. The van der Waals surface area contributed by atoms with Crippen molar-refractivity contribution in [3.8, 4) is 5.75 Å². The van der Waals surface area contributed by atoms with Gasteiger partial charge in [0.2, 0.25) is 0 Å². The Balaban J connectivity index is 1.64. The van der Waals surface area contributed by atoms with Crippen molar-refractivity contribution in [3.05, 3.63) is 63.9 Å². The van der Waals surface area contributed by atoms with Gasteiger partial charge in [-0.25, -0.2) is 4.39 Å². The Kier molecular flexibility index (Phi) is 7.12. The molecule has 2 aromatic rings. The van der Waals surface area contributed by atoms with Gasteiger partial charge in [-0.3, -0.25) is 0 Å². The topological polar surface area (TPSA) is 41.5 Å². The van der Waals surface area contributed by atoms with Crippen molar-refractivity contribution in [1.82, 2.24) is 5.32 Å². The Labute approximate surface area is 145 Å². The van der Waals surface area contributed by atoms with Crippen LogP contribution in [0, 0.1) is 5.82 Å². The van der Waals surface area contributed by atoms with Gasteiger partial charge >= 0.3 is 0 Å². The van der Waals surface area contributed by atoms with E-state index in [0.717, 1.165) is 12.0 Å². The minimum Gasteiger partial charge on any atom is -0.491 e.